The second-order valence-electron chi connectivity index (χ2n) is 20.8. The Hall–Kier alpha value is -3.82. The molecule has 2 fully saturated rings. The van der Waals surface area contributed by atoms with Crippen LogP contribution >= 0.6 is 47.0 Å². The first-order chi connectivity index (χ1) is 30.2. The molecule has 4 nitrogen and oxygen atoms in total. The highest BCUT2D eigenvalue weighted by atomic mass is 32.2. The Morgan fingerprint density at radius 2 is 0.656 bits per heavy atom. The highest BCUT2D eigenvalue weighted by molar-refractivity contribution is 8.21. The van der Waals surface area contributed by atoms with Gasteiger partial charge in [0.1, 0.15) is 8.16 Å². The van der Waals surface area contributed by atoms with Crippen molar-refractivity contribution in [3.8, 4) is 0 Å². The normalized spacial score (nSPS) is 20.8. The summed E-state index contributed by atoms with van der Waals surface area (Å²) in [5.41, 5.74) is 12.9. The predicted molar refractivity (Wildman–Crippen MR) is 277 cm³/mol. The molecule has 2 aliphatic heterocycles. The summed E-state index contributed by atoms with van der Waals surface area (Å²) >= 11 is 8.13. The van der Waals surface area contributed by atoms with Crippen LogP contribution < -0.4 is 0 Å². The molecule has 0 amide bonds. The Labute approximate surface area is 396 Å². The van der Waals surface area contributed by atoms with Gasteiger partial charge in [-0.25, -0.2) is 9.59 Å². The maximum Gasteiger partial charge on any atom is 0.335 e. The maximum absolute atomic E-state index is 11.4. The first-order valence-corrected chi connectivity index (χ1v) is 26.6. The van der Waals surface area contributed by atoms with Crippen LogP contribution in [0.15, 0.2) is 109 Å². The zero-order valence-electron chi connectivity index (χ0n) is 38.4. The number of fused-ring (bicyclic) bond motifs is 4. The number of carbonyl (C=O) groups is 2. The van der Waals surface area contributed by atoms with Gasteiger partial charge in [0, 0.05) is 23.0 Å². The summed E-state index contributed by atoms with van der Waals surface area (Å²) in [6.07, 6.45) is 4.88. The van der Waals surface area contributed by atoms with Crippen molar-refractivity contribution in [2.45, 2.75) is 111 Å². The lowest BCUT2D eigenvalue weighted by Gasteiger charge is -2.43. The first-order valence-electron chi connectivity index (χ1n) is 22.7. The lowest BCUT2D eigenvalue weighted by Crippen LogP contribution is -2.34. The van der Waals surface area contributed by atoms with Gasteiger partial charge in [-0.05, 0) is 150 Å². The van der Waals surface area contributed by atoms with Gasteiger partial charge in [0.25, 0.3) is 0 Å². The van der Waals surface area contributed by atoms with Crippen LogP contribution in [0.4, 0.5) is 0 Å². The van der Waals surface area contributed by atoms with Crippen LogP contribution in [-0.2, 0) is 29.8 Å². The monoisotopic (exact) mass is 924 g/mol. The largest absolute Gasteiger partial charge is 0.478 e. The predicted octanol–water partition coefficient (Wildman–Crippen LogP) is 15.1. The molecule has 0 bridgehead atoms. The summed E-state index contributed by atoms with van der Waals surface area (Å²) < 4.78 is -0.237. The van der Waals surface area contributed by atoms with Gasteiger partial charge in [-0.15, -0.1) is 47.0 Å². The number of rotatable bonds is 6. The second kappa shape index (κ2) is 16.5. The third-order valence-corrected chi connectivity index (χ3v) is 21.9. The lowest BCUT2D eigenvalue weighted by atomic mass is 9.63. The van der Waals surface area contributed by atoms with Gasteiger partial charge < -0.3 is 10.2 Å². The zero-order chi connectivity index (χ0) is 45.5. The first kappa shape index (κ1) is 45.3. The van der Waals surface area contributed by atoms with Gasteiger partial charge >= 0.3 is 11.9 Å². The maximum atomic E-state index is 11.4. The standard InChI is InChI=1S/2C28H30O2S2/c2*1-26(2)11-12-27(3,4)24-17-22(9-10-23(24)26)28(31-13-14-32-28)21-8-7-18-15-20(25(29)30)6-5-19(18)16-21/h2*5-10,15-17H,11-14H2,1-4H3,(H,29,30). The number of thioether (sulfide) groups is 4. The van der Waals surface area contributed by atoms with Crippen LogP contribution in [-0.4, -0.2) is 45.2 Å². The summed E-state index contributed by atoms with van der Waals surface area (Å²) in [5, 5.41) is 22.8. The Morgan fingerprint density at radius 1 is 0.375 bits per heavy atom. The minimum atomic E-state index is -0.881. The summed E-state index contributed by atoms with van der Waals surface area (Å²) in [6.45, 7) is 19.1. The molecule has 10 rings (SSSR count). The molecule has 0 radical (unpaired) electrons. The number of hydrogen-bond acceptors (Lipinski definition) is 6. The van der Waals surface area contributed by atoms with E-state index in [4.69, 9.17) is 0 Å². The molecule has 2 saturated heterocycles. The molecule has 2 N–H and O–H groups in total. The number of aromatic carboxylic acids is 2. The van der Waals surface area contributed by atoms with E-state index in [1.165, 1.54) is 70.2 Å². The summed E-state index contributed by atoms with van der Waals surface area (Å²) in [6, 6.07) is 38.5. The Bertz CT molecular complexity index is 2630. The average Bonchev–Trinajstić information content (AvgIpc) is 3.99. The fraction of sp³-hybridized carbons (Fsp3) is 0.393. The summed E-state index contributed by atoms with van der Waals surface area (Å²) in [4.78, 5) is 22.7. The SMILES string of the molecule is CC1(C)CCC(C)(C)c2cc(C3(c4ccc5cc(C(=O)O)ccc5c4)SCCS3)ccc21.CC1(C)CCC(C)(C)c2cc(C3(c4ccc5cc(C(=O)O)ccc5c4)SCCS3)ccc21. The Balaban J connectivity index is 0.000000162. The summed E-state index contributed by atoms with van der Waals surface area (Å²) in [7, 11) is 0. The van der Waals surface area contributed by atoms with Gasteiger partial charge in [0.15, 0.2) is 0 Å². The molecule has 0 atom stereocenters. The van der Waals surface area contributed by atoms with E-state index in [1.54, 1.807) is 24.3 Å². The highest BCUT2D eigenvalue weighted by Crippen LogP contribution is 2.60. The van der Waals surface area contributed by atoms with Crippen LogP contribution in [0, 0.1) is 0 Å². The van der Waals surface area contributed by atoms with Crippen molar-refractivity contribution in [3.05, 3.63) is 165 Å². The molecule has 6 aromatic rings. The van der Waals surface area contributed by atoms with Crippen molar-refractivity contribution >= 4 is 80.5 Å². The van der Waals surface area contributed by atoms with Crippen LogP contribution in [0.1, 0.15) is 146 Å². The minimum absolute atomic E-state index is 0.119. The molecular formula is C56H60O4S4. The van der Waals surface area contributed by atoms with Crippen LogP contribution in [0.3, 0.4) is 0 Å². The van der Waals surface area contributed by atoms with Crippen LogP contribution in [0.25, 0.3) is 21.5 Å². The quantitative estimate of drug-likeness (QED) is 0.171. The van der Waals surface area contributed by atoms with Crippen LogP contribution in [0.5, 0.6) is 0 Å². The topological polar surface area (TPSA) is 74.6 Å². The Kier molecular flexibility index (Phi) is 11.7. The number of carboxylic acid groups (broad SMARTS) is 2. The average molecular weight is 925 g/mol. The van der Waals surface area contributed by atoms with E-state index in [2.05, 4.69) is 128 Å². The van der Waals surface area contributed by atoms with Crippen LogP contribution in [0.2, 0.25) is 0 Å². The lowest BCUT2D eigenvalue weighted by molar-refractivity contribution is 0.0686. The fourth-order valence-corrected chi connectivity index (χ4v) is 17.1. The molecule has 0 unspecified atom stereocenters. The van der Waals surface area contributed by atoms with Gasteiger partial charge in [-0.1, -0.05) is 128 Å². The number of carboxylic acids is 2. The molecule has 0 saturated carbocycles. The number of hydrogen-bond donors (Lipinski definition) is 2. The molecule has 64 heavy (non-hydrogen) atoms. The molecule has 0 spiro atoms. The van der Waals surface area contributed by atoms with E-state index in [0.717, 1.165) is 44.6 Å². The van der Waals surface area contributed by atoms with Crippen molar-refractivity contribution in [1.82, 2.24) is 0 Å². The van der Waals surface area contributed by atoms with Crippen molar-refractivity contribution in [3.63, 3.8) is 0 Å². The van der Waals surface area contributed by atoms with Crippen molar-refractivity contribution in [1.29, 1.82) is 0 Å². The van der Waals surface area contributed by atoms with Crippen molar-refractivity contribution in [2.24, 2.45) is 0 Å². The molecule has 6 aromatic carbocycles. The van der Waals surface area contributed by atoms with E-state index in [-0.39, 0.29) is 29.8 Å². The number of benzene rings is 6. The van der Waals surface area contributed by atoms with E-state index < -0.39 is 11.9 Å². The fourth-order valence-electron chi connectivity index (χ4n) is 10.6. The van der Waals surface area contributed by atoms with Gasteiger partial charge in [-0.3, -0.25) is 0 Å². The molecule has 8 heteroatoms. The summed E-state index contributed by atoms with van der Waals surface area (Å²) in [5.74, 6) is 2.77. The van der Waals surface area contributed by atoms with E-state index in [1.807, 2.05) is 59.2 Å². The molecule has 2 aliphatic carbocycles. The molecular weight excluding hydrogens is 865 g/mol. The second-order valence-corrected chi connectivity index (χ2v) is 26.6. The van der Waals surface area contributed by atoms with Crippen molar-refractivity contribution in [2.75, 3.05) is 23.0 Å². The minimum Gasteiger partial charge on any atom is -0.478 e. The third-order valence-electron chi connectivity index (χ3n) is 14.8. The van der Waals surface area contributed by atoms with E-state index in [0.29, 0.717) is 11.1 Å². The van der Waals surface area contributed by atoms with Gasteiger partial charge in [0.05, 0.1) is 11.1 Å². The smallest absolute Gasteiger partial charge is 0.335 e. The highest BCUT2D eigenvalue weighted by Gasteiger charge is 2.45. The Morgan fingerprint density at radius 3 is 1.00 bits per heavy atom. The molecule has 4 aliphatic rings. The van der Waals surface area contributed by atoms with Gasteiger partial charge in [0.2, 0.25) is 0 Å². The van der Waals surface area contributed by atoms with E-state index >= 15 is 0 Å². The molecule has 332 valence electrons. The van der Waals surface area contributed by atoms with Crippen molar-refractivity contribution < 1.29 is 19.8 Å². The van der Waals surface area contributed by atoms with E-state index in [9.17, 15) is 19.8 Å². The zero-order valence-corrected chi connectivity index (χ0v) is 41.7. The third kappa shape index (κ3) is 8.00. The van der Waals surface area contributed by atoms with Gasteiger partial charge in [-0.2, -0.15) is 0 Å². The molecule has 0 aromatic heterocycles. The molecule has 2 heterocycles.